The van der Waals surface area contributed by atoms with E-state index in [1.165, 1.54) is 4.90 Å². The van der Waals surface area contributed by atoms with Gasteiger partial charge >= 0.3 is 0 Å². The minimum absolute atomic E-state index is 0.0928. The standard InChI is InChI=1S/C16H17N5O2/c1-11-15(16(23)20(2)9-10-22)18-19-21(11)14-7-3-6-13-12(14)5-4-8-17-13/h3-8,22H,9-10H2,1-2H3. The molecule has 1 amide bonds. The molecule has 0 aliphatic heterocycles. The van der Waals surface area contributed by atoms with Crippen LogP contribution >= 0.6 is 0 Å². The molecule has 118 valence electrons. The molecule has 0 atom stereocenters. The van der Waals surface area contributed by atoms with Crippen LogP contribution in [0.15, 0.2) is 36.5 Å². The zero-order chi connectivity index (χ0) is 16.4. The van der Waals surface area contributed by atoms with Crippen molar-refractivity contribution >= 4 is 16.8 Å². The van der Waals surface area contributed by atoms with Crippen molar-refractivity contribution in [1.82, 2.24) is 24.9 Å². The Bertz CT molecular complexity index is 853. The number of amides is 1. The maximum absolute atomic E-state index is 12.4. The fourth-order valence-electron chi connectivity index (χ4n) is 2.46. The average Bonchev–Trinajstić information content (AvgIpc) is 2.95. The molecule has 0 bridgehead atoms. The van der Waals surface area contributed by atoms with Crippen molar-refractivity contribution < 1.29 is 9.90 Å². The van der Waals surface area contributed by atoms with Crippen LogP contribution in [0.25, 0.3) is 16.6 Å². The molecule has 2 heterocycles. The van der Waals surface area contributed by atoms with Gasteiger partial charge in [0.25, 0.3) is 5.91 Å². The third kappa shape index (κ3) is 2.66. The Morgan fingerprint density at radius 1 is 1.30 bits per heavy atom. The third-order valence-corrected chi connectivity index (χ3v) is 3.73. The fourth-order valence-corrected chi connectivity index (χ4v) is 2.46. The number of hydrogen-bond acceptors (Lipinski definition) is 5. The van der Waals surface area contributed by atoms with Crippen molar-refractivity contribution in [2.45, 2.75) is 6.92 Å². The normalized spacial score (nSPS) is 10.9. The van der Waals surface area contributed by atoms with Gasteiger partial charge in [-0.3, -0.25) is 9.78 Å². The van der Waals surface area contributed by atoms with Gasteiger partial charge in [0.2, 0.25) is 0 Å². The lowest BCUT2D eigenvalue weighted by Gasteiger charge is -2.14. The maximum atomic E-state index is 12.4. The summed E-state index contributed by atoms with van der Waals surface area (Å²) in [5, 5.41) is 18.0. The predicted molar refractivity (Wildman–Crippen MR) is 85.4 cm³/mol. The topological polar surface area (TPSA) is 84.1 Å². The molecule has 0 radical (unpaired) electrons. The summed E-state index contributed by atoms with van der Waals surface area (Å²) in [6.45, 7) is 1.96. The quantitative estimate of drug-likeness (QED) is 0.782. The number of nitrogens with zero attached hydrogens (tertiary/aromatic N) is 5. The molecule has 2 aromatic heterocycles. The highest BCUT2D eigenvalue weighted by Crippen LogP contribution is 2.22. The van der Waals surface area contributed by atoms with Gasteiger partial charge in [0.1, 0.15) is 0 Å². The molecule has 23 heavy (non-hydrogen) atoms. The third-order valence-electron chi connectivity index (χ3n) is 3.73. The van der Waals surface area contributed by atoms with Crippen LogP contribution in [-0.4, -0.2) is 56.1 Å². The summed E-state index contributed by atoms with van der Waals surface area (Å²) in [4.78, 5) is 18.1. The zero-order valence-corrected chi connectivity index (χ0v) is 13.0. The first-order valence-electron chi connectivity index (χ1n) is 7.26. The van der Waals surface area contributed by atoms with E-state index in [2.05, 4.69) is 15.3 Å². The van der Waals surface area contributed by atoms with Crippen molar-refractivity contribution in [2.75, 3.05) is 20.2 Å². The minimum Gasteiger partial charge on any atom is -0.395 e. The highest BCUT2D eigenvalue weighted by molar-refractivity contribution is 5.93. The Hall–Kier alpha value is -2.80. The second kappa shape index (κ2) is 6.13. The number of fused-ring (bicyclic) bond motifs is 1. The van der Waals surface area contributed by atoms with Crippen LogP contribution in [0.2, 0.25) is 0 Å². The van der Waals surface area contributed by atoms with Crippen LogP contribution in [0.1, 0.15) is 16.2 Å². The lowest BCUT2D eigenvalue weighted by Crippen LogP contribution is -2.30. The Morgan fingerprint density at radius 3 is 2.91 bits per heavy atom. The second-order valence-electron chi connectivity index (χ2n) is 5.23. The monoisotopic (exact) mass is 311 g/mol. The number of pyridine rings is 1. The number of hydrogen-bond donors (Lipinski definition) is 1. The van der Waals surface area contributed by atoms with Crippen LogP contribution in [-0.2, 0) is 0 Å². The number of aliphatic hydroxyl groups is 1. The Morgan fingerprint density at radius 2 is 2.13 bits per heavy atom. The molecular formula is C16H17N5O2. The van der Waals surface area contributed by atoms with E-state index in [1.54, 1.807) is 24.9 Å². The first-order valence-corrected chi connectivity index (χ1v) is 7.26. The minimum atomic E-state index is -0.263. The number of carbonyl (C=O) groups excluding carboxylic acids is 1. The van der Waals surface area contributed by atoms with E-state index in [0.717, 1.165) is 16.6 Å². The smallest absolute Gasteiger partial charge is 0.276 e. The number of likely N-dealkylation sites (N-methyl/N-ethyl adjacent to an activating group) is 1. The number of benzene rings is 1. The lowest BCUT2D eigenvalue weighted by atomic mass is 10.2. The van der Waals surface area contributed by atoms with Crippen LogP contribution in [0.4, 0.5) is 0 Å². The summed E-state index contributed by atoms with van der Waals surface area (Å²) in [6, 6.07) is 9.55. The average molecular weight is 311 g/mol. The van der Waals surface area contributed by atoms with E-state index in [1.807, 2.05) is 30.3 Å². The van der Waals surface area contributed by atoms with E-state index in [4.69, 9.17) is 5.11 Å². The van der Waals surface area contributed by atoms with Gasteiger partial charge in [-0.25, -0.2) is 4.68 Å². The molecule has 0 fully saturated rings. The van der Waals surface area contributed by atoms with Gasteiger partial charge in [0, 0.05) is 25.2 Å². The number of carbonyl (C=O) groups is 1. The van der Waals surface area contributed by atoms with Gasteiger partial charge in [-0.1, -0.05) is 11.3 Å². The van der Waals surface area contributed by atoms with E-state index in [0.29, 0.717) is 5.69 Å². The molecule has 1 N–H and O–H groups in total. The summed E-state index contributed by atoms with van der Waals surface area (Å²) in [6.07, 6.45) is 1.74. The number of aromatic nitrogens is 4. The molecule has 0 aliphatic rings. The van der Waals surface area contributed by atoms with Crippen LogP contribution < -0.4 is 0 Å². The van der Waals surface area contributed by atoms with Gasteiger partial charge in [0.05, 0.1) is 23.5 Å². The highest BCUT2D eigenvalue weighted by atomic mass is 16.3. The van der Waals surface area contributed by atoms with Crippen LogP contribution in [0.5, 0.6) is 0 Å². The number of aliphatic hydroxyl groups excluding tert-OH is 1. The summed E-state index contributed by atoms with van der Waals surface area (Å²) in [5.74, 6) is -0.263. The van der Waals surface area contributed by atoms with Crippen molar-refractivity contribution in [3.05, 3.63) is 47.9 Å². The Labute approximate surface area is 133 Å². The summed E-state index contributed by atoms with van der Waals surface area (Å²) in [7, 11) is 1.62. The molecule has 0 spiro atoms. The fraction of sp³-hybridized carbons (Fsp3) is 0.250. The molecule has 3 aromatic rings. The first kappa shape index (κ1) is 15.1. The van der Waals surface area contributed by atoms with Crippen molar-refractivity contribution in [2.24, 2.45) is 0 Å². The summed E-state index contributed by atoms with van der Waals surface area (Å²) >= 11 is 0. The molecule has 7 heteroatoms. The van der Waals surface area contributed by atoms with Gasteiger partial charge in [-0.2, -0.15) is 0 Å². The molecule has 0 saturated carbocycles. The first-order chi connectivity index (χ1) is 11.1. The van der Waals surface area contributed by atoms with Crippen LogP contribution in [0, 0.1) is 6.92 Å². The van der Waals surface area contributed by atoms with Gasteiger partial charge in [0.15, 0.2) is 5.69 Å². The van der Waals surface area contributed by atoms with E-state index < -0.39 is 0 Å². The highest BCUT2D eigenvalue weighted by Gasteiger charge is 2.21. The van der Waals surface area contributed by atoms with Crippen molar-refractivity contribution in [1.29, 1.82) is 0 Å². The van der Waals surface area contributed by atoms with Gasteiger partial charge < -0.3 is 10.0 Å². The molecule has 1 aromatic carbocycles. The second-order valence-corrected chi connectivity index (χ2v) is 5.23. The van der Waals surface area contributed by atoms with E-state index in [9.17, 15) is 4.79 Å². The molecule has 0 unspecified atom stereocenters. The molecular weight excluding hydrogens is 294 g/mol. The Balaban J connectivity index is 2.06. The van der Waals surface area contributed by atoms with Crippen molar-refractivity contribution in [3.8, 4) is 5.69 Å². The molecule has 0 saturated heterocycles. The maximum Gasteiger partial charge on any atom is 0.276 e. The SMILES string of the molecule is Cc1c(C(=O)N(C)CCO)nnn1-c1cccc2ncccc12. The van der Waals surface area contributed by atoms with E-state index in [-0.39, 0.29) is 24.8 Å². The predicted octanol–water partition coefficient (Wildman–Crippen LogP) is 1.19. The summed E-state index contributed by atoms with van der Waals surface area (Å²) < 4.78 is 1.64. The van der Waals surface area contributed by atoms with E-state index >= 15 is 0 Å². The zero-order valence-electron chi connectivity index (χ0n) is 13.0. The lowest BCUT2D eigenvalue weighted by molar-refractivity contribution is 0.0760. The Kier molecular flexibility index (Phi) is 4.03. The largest absolute Gasteiger partial charge is 0.395 e. The number of rotatable bonds is 4. The summed E-state index contributed by atoms with van der Waals surface area (Å²) in [5.41, 5.74) is 2.60. The molecule has 3 rings (SSSR count). The van der Waals surface area contributed by atoms with Gasteiger partial charge in [-0.05, 0) is 31.2 Å². The van der Waals surface area contributed by atoms with Crippen LogP contribution in [0.3, 0.4) is 0 Å². The van der Waals surface area contributed by atoms with Crippen molar-refractivity contribution in [3.63, 3.8) is 0 Å². The molecule has 7 nitrogen and oxygen atoms in total. The molecule has 0 aliphatic carbocycles. The van der Waals surface area contributed by atoms with Gasteiger partial charge in [-0.15, -0.1) is 5.10 Å².